The summed E-state index contributed by atoms with van der Waals surface area (Å²) in [5.74, 6) is 1.00. The van der Waals surface area contributed by atoms with Crippen molar-refractivity contribution in [2.45, 2.75) is 161 Å². The van der Waals surface area contributed by atoms with E-state index in [1.165, 1.54) is 12.7 Å². The van der Waals surface area contributed by atoms with Gasteiger partial charge in [-0.1, -0.05) is 46.3 Å². The normalized spacial score (nSPS) is 50.0. The van der Waals surface area contributed by atoms with E-state index in [1.807, 2.05) is 0 Å². The van der Waals surface area contributed by atoms with Crippen molar-refractivity contribution in [3.05, 3.63) is 11.6 Å². The first kappa shape index (κ1) is 38.6. The number of rotatable bonds is 9. The molecular weight excluding hydrogens is 644 g/mol. The Balaban J connectivity index is 1.20. The Morgan fingerprint density at radius 2 is 1.70 bits per heavy atom. The molecule has 6 N–H and O–H groups in total. The molecule has 0 aromatic rings. The Morgan fingerprint density at radius 3 is 2.38 bits per heavy atom. The summed E-state index contributed by atoms with van der Waals surface area (Å²) in [6.45, 7) is 13.3. The molecule has 0 aromatic carbocycles. The van der Waals surface area contributed by atoms with E-state index in [9.17, 15) is 35.4 Å². The predicted octanol–water partition coefficient (Wildman–Crippen LogP) is 4.02. The molecular formula is C39H64O11. The second kappa shape index (κ2) is 13.9. The van der Waals surface area contributed by atoms with Gasteiger partial charge in [0.25, 0.3) is 0 Å². The number of carbonyl (C=O) groups is 1. The average molecular weight is 709 g/mol. The molecule has 0 aromatic heterocycles. The van der Waals surface area contributed by atoms with E-state index in [4.69, 9.17) is 18.9 Å². The van der Waals surface area contributed by atoms with Crippen molar-refractivity contribution in [1.29, 1.82) is 0 Å². The van der Waals surface area contributed by atoms with E-state index in [0.29, 0.717) is 17.8 Å². The summed E-state index contributed by atoms with van der Waals surface area (Å²) in [6, 6.07) is 0. The summed E-state index contributed by atoms with van der Waals surface area (Å²) in [5.41, 5.74) is 0.856. The van der Waals surface area contributed by atoms with Crippen molar-refractivity contribution < 1.29 is 54.4 Å². The van der Waals surface area contributed by atoms with Gasteiger partial charge in [0.1, 0.15) is 30.5 Å². The molecule has 4 saturated carbocycles. The molecule has 10 unspecified atom stereocenters. The lowest BCUT2D eigenvalue weighted by Crippen LogP contribution is -2.64. The maximum absolute atomic E-state index is 12.9. The molecule has 18 atom stereocenters. The Hall–Kier alpha value is -1.15. The van der Waals surface area contributed by atoms with Crippen LogP contribution in [0.2, 0.25) is 0 Å². The number of hydrogen-bond donors (Lipinski definition) is 6. The lowest BCUT2D eigenvalue weighted by Gasteiger charge is -2.70. The topological polar surface area (TPSA) is 175 Å². The van der Waals surface area contributed by atoms with Gasteiger partial charge in [-0.2, -0.15) is 0 Å². The summed E-state index contributed by atoms with van der Waals surface area (Å²) >= 11 is 0. The number of aliphatic hydroxyl groups is 5. The van der Waals surface area contributed by atoms with Gasteiger partial charge < -0.3 is 49.6 Å². The van der Waals surface area contributed by atoms with Crippen LogP contribution in [0.4, 0.5) is 0 Å². The van der Waals surface area contributed by atoms with Crippen LogP contribution >= 0.6 is 0 Å². The highest BCUT2D eigenvalue weighted by Gasteiger charge is 2.68. The van der Waals surface area contributed by atoms with Crippen LogP contribution < -0.4 is 0 Å². The largest absolute Gasteiger partial charge is 0.481 e. The Morgan fingerprint density at radius 1 is 0.980 bits per heavy atom. The number of aliphatic hydroxyl groups excluding tert-OH is 5. The highest BCUT2D eigenvalue weighted by molar-refractivity contribution is 5.76. The first-order valence-electron chi connectivity index (χ1n) is 19.2. The molecule has 6 aliphatic rings. The molecule has 1 heterocycles. The average Bonchev–Trinajstić information content (AvgIpc) is 3.08. The Bertz CT molecular complexity index is 1280. The number of allylic oxidation sites excluding steroid dienone is 2. The number of methoxy groups -OCH3 is 1. The van der Waals surface area contributed by atoms with E-state index in [0.717, 1.165) is 64.2 Å². The summed E-state index contributed by atoms with van der Waals surface area (Å²) in [4.78, 5) is 12.9. The van der Waals surface area contributed by atoms with Crippen LogP contribution in [0.5, 0.6) is 0 Å². The maximum atomic E-state index is 12.9. The van der Waals surface area contributed by atoms with E-state index in [-0.39, 0.29) is 40.8 Å². The van der Waals surface area contributed by atoms with Gasteiger partial charge in [0, 0.05) is 7.11 Å². The van der Waals surface area contributed by atoms with Gasteiger partial charge in [-0.3, -0.25) is 4.79 Å². The summed E-state index contributed by atoms with van der Waals surface area (Å²) in [5, 5.41) is 63.5. The number of ether oxygens (including phenoxy) is 4. The van der Waals surface area contributed by atoms with Crippen LogP contribution in [-0.4, -0.2) is 106 Å². The van der Waals surface area contributed by atoms with Crippen molar-refractivity contribution in [1.82, 2.24) is 0 Å². The smallest absolute Gasteiger partial charge is 0.310 e. The van der Waals surface area contributed by atoms with Crippen LogP contribution in [0.1, 0.15) is 106 Å². The molecule has 5 aliphatic carbocycles. The van der Waals surface area contributed by atoms with Gasteiger partial charge in [0.2, 0.25) is 0 Å². The maximum Gasteiger partial charge on any atom is 0.310 e. The standard InChI is InChI=1S/C39H64O11/c1-20-10-15-39(35(45)46)17-16-37(5)24(25(39)18-20)8-9-28-36(4)13-12-27(21(2)23(36)11-14-38(28,37)6)49-34-32(30(42)26(40)19-48-34)50-33(44)31(43)29(41)22(3)47-7/h8,20-23,25-34,40-44H,9-19H2,1-7H3,(H,45,46)/t20-,21+,22?,23?,25-,26?,27-,28?,29?,30?,31?,32?,33?,34?,36-,37+,38+,39-/m0/s1. The fourth-order valence-corrected chi connectivity index (χ4v) is 12.3. The van der Waals surface area contributed by atoms with Crippen molar-refractivity contribution in [2.24, 2.45) is 51.2 Å². The first-order chi connectivity index (χ1) is 23.4. The molecule has 0 amide bonds. The van der Waals surface area contributed by atoms with E-state index < -0.39 is 60.6 Å². The number of fused-ring (bicyclic) bond motifs is 7. The van der Waals surface area contributed by atoms with Gasteiger partial charge in [-0.05, 0) is 117 Å². The van der Waals surface area contributed by atoms with Crippen LogP contribution in [-0.2, 0) is 23.7 Å². The molecule has 50 heavy (non-hydrogen) atoms. The zero-order valence-corrected chi connectivity index (χ0v) is 31.2. The lowest BCUT2D eigenvalue weighted by atomic mass is 9.35. The van der Waals surface area contributed by atoms with Crippen LogP contribution in [0, 0.1) is 51.2 Å². The third-order valence-corrected chi connectivity index (χ3v) is 15.8. The monoisotopic (exact) mass is 708 g/mol. The number of hydrogen-bond acceptors (Lipinski definition) is 10. The van der Waals surface area contributed by atoms with E-state index in [2.05, 4.69) is 40.7 Å². The summed E-state index contributed by atoms with van der Waals surface area (Å²) in [7, 11) is 1.37. The molecule has 0 radical (unpaired) electrons. The third kappa shape index (κ3) is 5.93. The summed E-state index contributed by atoms with van der Waals surface area (Å²) in [6.07, 6.45) is 0.421. The molecule has 286 valence electrons. The van der Waals surface area contributed by atoms with Crippen LogP contribution in [0.15, 0.2) is 11.6 Å². The first-order valence-corrected chi connectivity index (χ1v) is 19.2. The molecule has 1 aliphatic heterocycles. The zero-order valence-electron chi connectivity index (χ0n) is 31.2. The van der Waals surface area contributed by atoms with Crippen LogP contribution in [0.25, 0.3) is 0 Å². The second-order valence-corrected chi connectivity index (χ2v) is 18.0. The van der Waals surface area contributed by atoms with Crippen molar-refractivity contribution in [3.8, 4) is 0 Å². The molecule has 0 spiro atoms. The minimum absolute atomic E-state index is 0.0430. The van der Waals surface area contributed by atoms with Gasteiger partial charge in [0.15, 0.2) is 12.6 Å². The Labute approximate surface area is 297 Å². The van der Waals surface area contributed by atoms with Gasteiger partial charge in [-0.25, -0.2) is 0 Å². The van der Waals surface area contributed by atoms with Crippen molar-refractivity contribution in [2.75, 3.05) is 13.7 Å². The van der Waals surface area contributed by atoms with E-state index >= 15 is 0 Å². The molecule has 11 nitrogen and oxygen atoms in total. The van der Waals surface area contributed by atoms with E-state index in [1.54, 1.807) is 6.92 Å². The van der Waals surface area contributed by atoms with Gasteiger partial charge >= 0.3 is 5.97 Å². The SMILES string of the molecule is COC(C)C(O)C(O)C(O)OC1C(O[C@H]2CC[C@@]3(C)C(CC[C@]4(C)C3CC=C3[C@@H]5C[C@@H](C)CC[C@]5(C(=O)O)CC[C@]34C)[C@H]2C)OCC(O)C1O. The number of carboxylic acid groups (broad SMARTS) is 1. The summed E-state index contributed by atoms with van der Waals surface area (Å²) < 4.78 is 23.2. The van der Waals surface area contributed by atoms with Crippen molar-refractivity contribution >= 4 is 5.97 Å². The highest BCUT2D eigenvalue weighted by atomic mass is 16.7. The third-order valence-electron chi connectivity index (χ3n) is 15.8. The lowest BCUT2D eigenvalue weighted by molar-refractivity contribution is -0.336. The highest BCUT2D eigenvalue weighted by Crippen LogP contribution is 2.74. The van der Waals surface area contributed by atoms with Crippen molar-refractivity contribution in [3.63, 3.8) is 0 Å². The fourth-order valence-electron chi connectivity index (χ4n) is 12.3. The van der Waals surface area contributed by atoms with Gasteiger partial charge in [-0.15, -0.1) is 0 Å². The molecule has 6 rings (SSSR count). The number of aliphatic carboxylic acids is 1. The second-order valence-electron chi connectivity index (χ2n) is 18.0. The van der Waals surface area contributed by atoms with Crippen LogP contribution in [0.3, 0.4) is 0 Å². The minimum Gasteiger partial charge on any atom is -0.481 e. The fraction of sp³-hybridized carbons (Fsp3) is 0.923. The predicted molar refractivity (Wildman–Crippen MR) is 183 cm³/mol. The quantitative estimate of drug-likeness (QED) is 0.116. The number of carboxylic acids is 1. The molecule has 5 fully saturated rings. The zero-order chi connectivity index (χ0) is 36.6. The van der Waals surface area contributed by atoms with Gasteiger partial charge in [0.05, 0.1) is 24.2 Å². The molecule has 1 saturated heterocycles. The molecule has 11 heteroatoms. The Kier molecular flexibility index (Phi) is 10.7. The minimum atomic E-state index is -1.90. The molecule has 0 bridgehead atoms.